The standard InChI is InChI=1S/C24H29N5OS/c1-17-20-22(28-11-7-4-8-12-28)25-18(2)26-23(20)31-21(17)24(30)29-15-13-27(14-16-29)19-9-5-3-6-10-19/h3,5-6,9-10H,4,7-8,11-16H2,1-2H3. The van der Waals surface area contributed by atoms with Crippen LogP contribution in [-0.2, 0) is 0 Å². The number of carbonyl (C=O) groups is 1. The summed E-state index contributed by atoms with van der Waals surface area (Å²) in [5, 5.41) is 1.07. The summed E-state index contributed by atoms with van der Waals surface area (Å²) in [7, 11) is 0. The van der Waals surface area contributed by atoms with Gasteiger partial charge in [0.2, 0.25) is 0 Å². The predicted octanol–water partition coefficient (Wildman–Crippen LogP) is 4.26. The molecular weight excluding hydrogens is 406 g/mol. The monoisotopic (exact) mass is 435 g/mol. The second kappa shape index (κ2) is 8.46. The second-order valence-electron chi connectivity index (χ2n) is 8.49. The van der Waals surface area contributed by atoms with E-state index in [1.807, 2.05) is 17.9 Å². The zero-order chi connectivity index (χ0) is 21.4. The van der Waals surface area contributed by atoms with E-state index in [-0.39, 0.29) is 5.91 Å². The Kier molecular flexibility index (Phi) is 5.52. The highest BCUT2D eigenvalue weighted by atomic mass is 32.1. The van der Waals surface area contributed by atoms with E-state index in [4.69, 9.17) is 9.97 Å². The largest absolute Gasteiger partial charge is 0.368 e. The summed E-state index contributed by atoms with van der Waals surface area (Å²) in [5.41, 5.74) is 2.26. The number of carbonyl (C=O) groups excluding carboxylic acids is 1. The molecule has 0 radical (unpaired) electrons. The van der Waals surface area contributed by atoms with Crippen LogP contribution >= 0.6 is 11.3 Å². The van der Waals surface area contributed by atoms with Crippen LogP contribution in [0, 0.1) is 13.8 Å². The number of hydrogen-bond acceptors (Lipinski definition) is 6. The molecular formula is C24H29N5OS. The van der Waals surface area contributed by atoms with Gasteiger partial charge in [0.1, 0.15) is 16.5 Å². The van der Waals surface area contributed by atoms with Gasteiger partial charge in [0, 0.05) is 45.0 Å². The zero-order valence-corrected chi connectivity index (χ0v) is 19.1. The lowest BCUT2D eigenvalue weighted by molar-refractivity contribution is 0.0751. The van der Waals surface area contributed by atoms with Crippen molar-refractivity contribution < 1.29 is 4.79 Å². The van der Waals surface area contributed by atoms with Crippen molar-refractivity contribution in [2.75, 3.05) is 49.1 Å². The van der Waals surface area contributed by atoms with Gasteiger partial charge in [0.05, 0.1) is 10.3 Å². The van der Waals surface area contributed by atoms with Gasteiger partial charge in [-0.3, -0.25) is 4.79 Å². The van der Waals surface area contributed by atoms with Crippen molar-refractivity contribution in [1.82, 2.24) is 14.9 Å². The molecule has 0 unspecified atom stereocenters. The molecule has 3 aromatic rings. The van der Waals surface area contributed by atoms with Gasteiger partial charge in [-0.15, -0.1) is 11.3 Å². The fraction of sp³-hybridized carbons (Fsp3) is 0.458. The van der Waals surface area contributed by atoms with Gasteiger partial charge < -0.3 is 14.7 Å². The third kappa shape index (κ3) is 3.87. The Balaban J connectivity index is 1.40. The number of amides is 1. The highest BCUT2D eigenvalue weighted by molar-refractivity contribution is 7.20. The van der Waals surface area contributed by atoms with E-state index in [1.165, 1.54) is 36.3 Å². The normalized spacial score (nSPS) is 17.4. The lowest BCUT2D eigenvalue weighted by Crippen LogP contribution is -2.48. The number of aromatic nitrogens is 2. The van der Waals surface area contributed by atoms with Crippen molar-refractivity contribution in [3.8, 4) is 0 Å². The van der Waals surface area contributed by atoms with Crippen LogP contribution < -0.4 is 9.80 Å². The number of thiophene rings is 1. The molecule has 7 heteroatoms. The Hall–Kier alpha value is -2.67. The first-order valence-electron chi connectivity index (χ1n) is 11.2. The van der Waals surface area contributed by atoms with Gasteiger partial charge in [0.25, 0.3) is 5.91 Å². The summed E-state index contributed by atoms with van der Waals surface area (Å²) >= 11 is 1.53. The van der Waals surface area contributed by atoms with Gasteiger partial charge in [-0.2, -0.15) is 0 Å². The summed E-state index contributed by atoms with van der Waals surface area (Å²) in [4.78, 5) is 31.5. The van der Waals surface area contributed by atoms with Crippen molar-refractivity contribution in [3.63, 3.8) is 0 Å². The fourth-order valence-corrected chi connectivity index (χ4v) is 5.90. The molecule has 4 heterocycles. The first-order valence-corrected chi connectivity index (χ1v) is 12.1. The maximum absolute atomic E-state index is 13.5. The average Bonchev–Trinajstić information content (AvgIpc) is 3.15. The van der Waals surface area contributed by atoms with Crippen LogP contribution in [0.25, 0.3) is 10.2 Å². The molecule has 31 heavy (non-hydrogen) atoms. The van der Waals surface area contributed by atoms with E-state index in [1.54, 1.807) is 0 Å². The van der Waals surface area contributed by atoms with Gasteiger partial charge in [-0.1, -0.05) is 18.2 Å². The third-order valence-corrected chi connectivity index (χ3v) is 7.59. The minimum absolute atomic E-state index is 0.135. The molecule has 2 aliphatic rings. The maximum atomic E-state index is 13.5. The zero-order valence-electron chi connectivity index (χ0n) is 18.3. The highest BCUT2D eigenvalue weighted by Crippen LogP contribution is 2.37. The minimum Gasteiger partial charge on any atom is -0.368 e. The molecule has 0 N–H and O–H groups in total. The summed E-state index contributed by atoms with van der Waals surface area (Å²) in [6.07, 6.45) is 3.68. The number of rotatable bonds is 3. The Morgan fingerprint density at radius 2 is 1.58 bits per heavy atom. The average molecular weight is 436 g/mol. The third-order valence-electron chi connectivity index (χ3n) is 6.42. The Labute approximate surface area is 187 Å². The first kappa shape index (κ1) is 20.2. The number of fused-ring (bicyclic) bond motifs is 1. The summed E-state index contributed by atoms with van der Waals surface area (Å²) in [6, 6.07) is 10.4. The van der Waals surface area contributed by atoms with E-state index in [2.05, 4.69) is 41.0 Å². The molecule has 0 saturated carbocycles. The maximum Gasteiger partial charge on any atom is 0.264 e. The number of benzene rings is 1. The smallest absolute Gasteiger partial charge is 0.264 e. The lowest BCUT2D eigenvalue weighted by atomic mass is 10.1. The van der Waals surface area contributed by atoms with Crippen molar-refractivity contribution >= 4 is 39.0 Å². The van der Waals surface area contributed by atoms with Crippen molar-refractivity contribution in [2.24, 2.45) is 0 Å². The quantitative estimate of drug-likeness (QED) is 0.615. The molecule has 2 saturated heterocycles. The molecule has 0 spiro atoms. The van der Waals surface area contributed by atoms with Crippen molar-refractivity contribution in [1.29, 1.82) is 0 Å². The number of para-hydroxylation sites is 1. The van der Waals surface area contributed by atoms with Crippen LogP contribution in [0.4, 0.5) is 11.5 Å². The number of anilines is 2. The molecule has 0 atom stereocenters. The number of piperidine rings is 1. The van der Waals surface area contributed by atoms with Gasteiger partial charge >= 0.3 is 0 Å². The molecule has 1 amide bonds. The fourth-order valence-electron chi connectivity index (χ4n) is 4.71. The van der Waals surface area contributed by atoms with Crippen LogP contribution in [0.15, 0.2) is 30.3 Å². The highest BCUT2D eigenvalue weighted by Gasteiger charge is 2.28. The number of nitrogens with zero attached hydrogens (tertiary/aromatic N) is 5. The molecule has 1 aromatic carbocycles. The molecule has 2 aliphatic heterocycles. The molecule has 2 fully saturated rings. The number of hydrogen-bond donors (Lipinski definition) is 0. The molecule has 162 valence electrons. The second-order valence-corrected chi connectivity index (χ2v) is 9.49. The Morgan fingerprint density at radius 1 is 0.871 bits per heavy atom. The van der Waals surface area contributed by atoms with Gasteiger partial charge in [-0.05, 0) is 50.8 Å². The van der Waals surface area contributed by atoms with Crippen molar-refractivity contribution in [3.05, 3.63) is 46.6 Å². The van der Waals surface area contributed by atoms with E-state index in [0.717, 1.165) is 71.6 Å². The summed E-state index contributed by atoms with van der Waals surface area (Å²) < 4.78 is 0. The van der Waals surface area contributed by atoms with Crippen molar-refractivity contribution in [2.45, 2.75) is 33.1 Å². The first-order chi connectivity index (χ1) is 15.1. The van der Waals surface area contributed by atoms with E-state index in [9.17, 15) is 4.79 Å². The minimum atomic E-state index is 0.135. The van der Waals surface area contributed by atoms with E-state index >= 15 is 0 Å². The van der Waals surface area contributed by atoms with Gasteiger partial charge in [-0.25, -0.2) is 9.97 Å². The number of piperazine rings is 1. The van der Waals surface area contributed by atoms with Crippen LogP contribution in [0.3, 0.4) is 0 Å². The lowest BCUT2D eigenvalue weighted by Gasteiger charge is -2.36. The molecule has 0 bridgehead atoms. The molecule has 0 aliphatic carbocycles. The van der Waals surface area contributed by atoms with Crippen LogP contribution in [0.5, 0.6) is 0 Å². The Morgan fingerprint density at radius 3 is 2.29 bits per heavy atom. The topological polar surface area (TPSA) is 52.6 Å². The van der Waals surface area contributed by atoms with E-state index < -0.39 is 0 Å². The summed E-state index contributed by atoms with van der Waals surface area (Å²) in [5.74, 6) is 1.93. The Bertz CT molecular complexity index is 1080. The SMILES string of the molecule is Cc1nc(N2CCCCC2)c2c(C)c(C(=O)N3CCN(c4ccccc4)CC3)sc2n1. The van der Waals surface area contributed by atoms with Crippen LogP contribution in [0.1, 0.15) is 40.3 Å². The van der Waals surface area contributed by atoms with E-state index in [0.29, 0.717) is 0 Å². The van der Waals surface area contributed by atoms with Crippen LogP contribution in [-0.4, -0.2) is 60.0 Å². The molecule has 2 aromatic heterocycles. The molecule has 6 nitrogen and oxygen atoms in total. The molecule has 5 rings (SSSR count). The summed E-state index contributed by atoms with van der Waals surface area (Å²) in [6.45, 7) is 9.28. The number of aryl methyl sites for hydroxylation is 2. The van der Waals surface area contributed by atoms with Crippen LogP contribution in [0.2, 0.25) is 0 Å². The predicted molar refractivity (Wildman–Crippen MR) is 128 cm³/mol. The van der Waals surface area contributed by atoms with Gasteiger partial charge in [0.15, 0.2) is 0 Å².